The molecule has 0 saturated heterocycles. The third kappa shape index (κ3) is 3.41. The van der Waals surface area contributed by atoms with Crippen LogP contribution in [0.2, 0.25) is 0 Å². The second kappa shape index (κ2) is 8.99. The molecule has 0 saturated carbocycles. The van der Waals surface area contributed by atoms with Crippen LogP contribution in [0.25, 0.3) is 81.5 Å². The Bertz CT molecular complexity index is 2410. The van der Waals surface area contributed by atoms with Gasteiger partial charge in [-0.2, -0.15) is 0 Å². The SMILES string of the molecule is c1ccc(-c2cc(-n3c4ccccc4c4ccc5c(sc6ccc7nccnc7c65)c43)cc(-c3ccccn3)n2)nc1. The zero-order valence-corrected chi connectivity index (χ0v) is 23.0. The summed E-state index contributed by atoms with van der Waals surface area (Å²) in [7, 11) is 0. The fraction of sp³-hybridized carbons (Fsp3) is 0. The molecule has 6 aromatic heterocycles. The smallest absolute Gasteiger partial charge is 0.0979 e. The van der Waals surface area contributed by atoms with Gasteiger partial charge < -0.3 is 4.57 Å². The van der Waals surface area contributed by atoms with Crippen molar-refractivity contribution in [3.05, 3.63) is 122 Å². The molecule has 0 fully saturated rings. The minimum absolute atomic E-state index is 0.796. The van der Waals surface area contributed by atoms with Crippen LogP contribution in [-0.4, -0.2) is 29.5 Å². The van der Waals surface area contributed by atoms with Crippen LogP contribution in [0.5, 0.6) is 0 Å². The summed E-state index contributed by atoms with van der Waals surface area (Å²) in [6.45, 7) is 0. The number of aromatic nitrogens is 6. The molecule has 0 unspecified atom stereocenters. The second-order valence-electron chi connectivity index (χ2n) is 10.2. The topological polar surface area (TPSA) is 69.4 Å². The van der Waals surface area contributed by atoms with Crippen molar-refractivity contribution in [1.29, 1.82) is 0 Å². The van der Waals surface area contributed by atoms with E-state index >= 15 is 0 Å². The maximum Gasteiger partial charge on any atom is 0.0979 e. The second-order valence-corrected chi connectivity index (χ2v) is 11.2. The van der Waals surface area contributed by atoms with Gasteiger partial charge in [-0.05, 0) is 54.6 Å². The fourth-order valence-electron chi connectivity index (χ4n) is 6.01. The van der Waals surface area contributed by atoms with Gasteiger partial charge >= 0.3 is 0 Å². The average molecular weight is 557 g/mol. The molecule has 0 aliphatic rings. The normalized spacial score (nSPS) is 11.8. The summed E-state index contributed by atoms with van der Waals surface area (Å²) < 4.78 is 4.78. The molecule has 3 aromatic carbocycles. The summed E-state index contributed by atoms with van der Waals surface area (Å²) in [5, 5.41) is 4.74. The first kappa shape index (κ1) is 23.2. The van der Waals surface area contributed by atoms with Crippen molar-refractivity contribution in [2.24, 2.45) is 0 Å². The van der Waals surface area contributed by atoms with Gasteiger partial charge in [0.05, 0.1) is 55.2 Å². The molecule has 6 heterocycles. The van der Waals surface area contributed by atoms with E-state index in [1.807, 2.05) is 36.4 Å². The van der Waals surface area contributed by atoms with Crippen LogP contribution in [0.4, 0.5) is 0 Å². The molecular formula is C35H20N6S. The van der Waals surface area contributed by atoms with Crippen molar-refractivity contribution in [2.45, 2.75) is 0 Å². The van der Waals surface area contributed by atoms with Gasteiger partial charge in [-0.3, -0.25) is 19.9 Å². The Kier molecular flexibility index (Phi) is 4.97. The third-order valence-corrected chi connectivity index (χ3v) is 8.97. The average Bonchev–Trinajstić information content (AvgIpc) is 3.62. The fourth-order valence-corrected chi connectivity index (χ4v) is 7.25. The lowest BCUT2D eigenvalue weighted by molar-refractivity contribution is 1.15. The van der Waals surface area contributed by atoms with E-state index in [4.69, 9.17) is 9.97 Å². The summed E-state index contributed by atoms with van der Waals surface area (Å²) in [6, 6.07) is 33.4. The highest BCUT2D eigenvalue weighted by molar-refractivity contribution is 7.26. The molecule has 196 valence electrons. The number of fused-ring (bicyclic) bond motifs is 9. The lowest BCUT2D eigenvalue weighted by Gasteiger charge is -2.13. The highest BCUT2D eigenvalue weighted by Gasteiger charge is 2.20. The van der Waals surface area contributed by atoms with Crippen molar-refractivity contribution in [3.63, 3.8) is 0 Å². The number of nitrogens with zero attached hydrogens (tertiary/aromatic N) is 6. The number of hydrogen-bond donors (Lipinski definition) is 0. The van der Waals surface area contributed by atoms with E-state index in [2.05, 4.69) is 80.2 Å². The van der Waals surface area contributed by atoms with Gasteiger partial charge in [0.2, 0.25) is 0 Å². The predicted molar refractivity (Wildman–Crippen MR) is 171 cm³/mol. The predicted octanol–water partition coefficient (Wildman–Crippen LogP) is 8.61. The summed E-state index contributed by atoms with van der Waals surface area (Å²) >= 11 is 1.80. The summed E-state index contributed by atoms with van der Waals surface area (Å²) in [4.78, 5) is 23.6. The van der Waals surface area contributed by atoms with Crippen molar-refractivity contribution >= 4 is 64.3 Å². The van der Waals surface area contributed by atoms with Crippen LogP contribution >= 0.6 is 11.3 Å². The van der Waals surface area contributed by atoms with E-state index in [9.17, 15) is 0 Å². The Morgan fingerprint density at radius 3 is 2.02 bits per heavy atom. The van der Waals surface area contributed by atoms with Gasteiger partial charge in [0.25, 0.3) is 0 Å². The van der Waals surface area contributed by atoms with Crippen LogP contribution in [-0.2, 0) is 0 Å². The van der Waals surface area contributed by atoms with E-state index in [-0.39, 0.29) is 0 Å². The van der Waals surface area contributed by atoms with Gasteiger partial charge in [0.1, 0.15) is 0 Å². The zero-order valence-electron chi connectivity index (χ0n) is 22.1. The number of benzene rings is 3. The van der Waals surface area contributed by atoms with Gasteiger partial charge in [-0.1, -0.05) is 42.5 Å². The molecule has 0 spiro atoms. The molecule has 0 radical (unpaired) electrons. The van der Waals surface area contributed by atoms with E-state index in [0.29, 0.717) is 0 Å². The number of rotatable bonds is 3. The van der Waals surface area contributed by atoms with Gasteiger partial charge in [0.15, 0.2) is 0 Å². The van der Waals surface area contributed by atoms with Crippen LogP contribution in [0, 0.1) is 0 Å². The van der Waals surface area contributed by atoms with Crippen LogP contribution < -0.4 is 0 Å². The van der Waals surface area contributed by atoms with Gasteiger partial charge in [-0.15, -0.1) is 11.3 Å². The number of thiophene rings is 1. The molecule has 7 heteroatoms. The monoisotopic (exact) mass is 556 g/mol. The van der Waals surface area contributed by atoms with Gasteiger partial charge in [0, 0.05) is 51.0 Å². The van der Waals surface area contributed by atoms with Crippen LogP contribution in [0.1, 0.15) is 0 Å². The maximum absolute atomic E-state index is 5.02. The zero-order chi connectivity index (χ0) is 27.6. The first-order valence-corrected chi connectivity index (χ1v) is 14.5. The Morgan fingerprint density at radius 1 is 0.548 bits per heavy atom. The molecule has 42 heavy (non-hydrogen) atoms. The standard InChI is InChI=1S/C35H20N6S/c1-2-10-30-22(7-1)23-11-12-24-32-31(14-13-27-33(32)39-18-17-38-27)42-35(24)34(23)41(30)21-19-28(25-8-3-5-15-36-25)40-29(20-21)26-9-4-6-16-37-26/h1-20H. The first-order chi connectivity index (χ1) is 20.8. The maximum atomic E-state index is 5.02. The summed E-state index contributed by atoms with van der Waals surface area (Å²) in [6.07, 6.45) is 7.13. The molecule has 6 nitrogen and oxygen atoms in total. The third-order valence-electron chi connectivity index (χ3n) is 7.80. The molecule has 0 N–H and O–H groups in total. The lowest BCUT2D eigenvalue weighted by Crippen LogP contribution is -1.99. The summed E-state index contributed by atoms with van der Waals surface area (Å²) in [5.41, 5.74) is 8.36. The quantitative estimate of drug-likeness (QED) is 0.218. The van der Waals surface area contributed by atoms with Crippen LogP contribution in [0.3, 0.4) is 0 Å². The largest absolute Gasteiger partial charge is 0.308 e. The molecular weight excluding hydrogens is 536 g/mol. The van der Waals surface area contributed by atoms with Crippen molar-refractivity contribution < 1.29 is 0 Å². The first-order valence-electron chi connectivity index (χ1n) is 13.7. The van der Waals surface area contributed by atoms with Crippen molar-refractivity contribution in [2.75, 3.05) is 0 Å². The highest BCUT2D eigenvalue weighted by atomic mass is 32.1. The van der Waals surface area contributed by atoms with E-state index in [0.717, 1.165) is 55.9 Å². The molecule has 0 bridgehead atoms. The Balaban J connectivity index is 1.44. The Morgan fingerprint density at radius 2 is 1.26 bits per heavy atom. The van der Waals surface area contributed by atoms with Crippen LogP contribution in [0.15, 0.2) is 122 Å². The molecule has 0 amide bonds. The molecule has 9 aromatic rings. The van der Waals surface area contributed by atoms with E-state index in [1.165, 1.54) is 25.6 Å². The highest BCUT2D eigenvalue weighted by Crippen LogP contribution is 2.44. The van der Waals surface area contributed by atoms with E-state index in [1.54, 1.807) is 36.1 Å². The lowest BCUT2D eigenvalue weighted by atomic mass is 10.1. The Labute approximate surface area is 243 Å². The number of para-hydroxylation sites is 1. The molecule has 0 aliphatic carbocycles. The minimum Gasteiger partial charge on any atom is -0.308 e. The molecule has 0 aliphatic heterocycles. The van der Waals surface area contributed by atoms with Crippen molar-refractivity contribution in [3.8, 4) is 28.5 Å². The molecule has 9 rings (SSSR count). The number of pyridine rings is 3. The number of hydrogen-bond acceptors (Lipinski definition) is 6. The summed E-state index contributed by atoms with van der Waals surface area (Å²) in [5.74, 6) is 0. The molecule has 0 atom stereocenters. The van der Waals surface area contributed by atoms with E-state index < -0.39 is 0 Å². The van der Waals surface area contributed by atoms with Crippen molar-refractivity contribution in [1.82, 2.24) is 29.5 Å². The Hall–Kier alpha value is -5.53. The minimum atomic E-state index is 0.796. The van der Waals surface area contributed by atoms with Gasteiger partial charge in [-0.25, -0.2) is 4.98 Å².